The largest absolute Gasteiger partial charge is 0.397 e. The van der Waals surface area contributed by atoms with Gasteiger partial charge < -0.3 is 10.7 Å². The van der Waals surface area contributed by atoms with Crippen LogP contribution in [0.15, 0.2) is 28.1 Å². The molecular weight excluding hydrogens is 298 g/mol. The summed E-state index contributed by atoms with van der Waals surface area (Å²) >= 11 is 5.11. The number of hydrogen-bond acceptors (Lipinski definition) is 3. The Hall–Kier alpha value is -1.33. The number of aryl methyl sites for hydroxylation is 1. The Bertz CT molecular complexity index is 699. The highest BCUT2D eigenvalue weighted by molar-refractivity contribution is 9.10. The summed E-state index contributed by atoms with van der Waals surface area (Å²) in [5, 5.41) is 2.07. The van der Waals surface area contributed by atoms with Crippen LogP contribution in [0.4, 0.5) is 5.69 Å². The van der Waals surface area contributed by atoms with Gasteiger partial charge in [0.1, 0.15) is 11.3 Å². The van der Waals surface area contributed by atoms with Crippen LogP contribution >= 0.6 is 27.3 Å². The van der Waals surface area contributed by atoms with Gasteiger partial charge in [0.05, 0.1) is 16.1 Å². The van der Waals surface area contributed by atoms with Crippen molar-refractivity contribution < 1.29 is 0 Å². The number of imidazole rings is 1. The molecule has 86 valence electrons. The van der Waals surface area contributed by atoms with Crippen LogP contribution in [-0.4, -0.2) is 9.97 Å². The fourth-order valence-electron chi connectivity index (χ4n) is 1.83. The zero-order valence-corrected chi connectivity index (χ0v) is 11.5. The number of rotatable bonds is 1. The number of hydrogen-bond donors (Lipinski definition) is 2. The lowest BCUT2D eigenvalue weighted by atomic mass is 10.3. The molecule has 0 amide bonds. The number of halogens is 1. The number of aromatic nitrogens is 2. The molecule has 2 aromatic heterocycles. The van der Waals surface area contributed by atoms with Gasteiger partial charge in [-0.05, 0) is 36.1 Å². The van der Waals surface area contributed by atoms with Crippen LogP contribution in [0.5, 0.6) is 0 Å². The highest BCUT2D eigenvalue weighted by atomic mass is 79.9. The lowest BCUT2D eigenvalue weighted by molar-refractivity contribution is 1.34. The molecule has 0 atom stereocenters. The minimum atomic E-state index is 0.686. The average Bonchev–Trinajstić information content (AvgIpc) is 2.83. The number of H-pyrrole nitrogens is 1. The lowest BCUT2D eigenvalue weighted by Crippen LogP contribution is -1.86. The Morgan fingerprint density at radius 2 is 2.24 bits per heavy atom. The van der Waals surface area contributed by atoms with E-state index in [1.807, 2.05) is 12.1 Å². The first-order chi connectivity index (χ1) is 8.15. The maximum Gasteiger partial charge on any atom is 0.148 e. The van der Waals surface area contributed by atoms with Crippen LogP contribution in [0.1, 0.15) is 5.56 Å². The number of anilines is 1. The van der Waals surface area contributed by atoms with E-state index in [2.05, 4.69) is 44.3 Å². The van der Waals surface area contributed by atoms with E-state index in [4.69, 9.17) is 5.73 Å². The minimum absolute atomic E-state index is 0.686. The molecule has 5 heteroatoms. The van der Waals surface area contributed by atoms with Gasteiger partial charge in [0, 0.05) is 4.47 Å². The molecule has 0 saturated carbocycles. The Morgan fingerprint density at radius 3 is 2.94 bits per heavy atom. The Kier molecular flexibility index (Phi) is 2.45. The van der Waals surface area contributed by atoms with E-state index in [0.717, 1.165) is 26.2 Å². The van der Waals surface area contributed by atoms with Gasteiger partial charge in [0.15, 0.2) is 0 Å². The zero-order chi connectivity index (χ0) is 12.0. The molecule has 3 N–H and O–H groups in total. The summed E-state index contributed by atoms with van der Waals surface area (Å²) in [5.74, 6) is 0.886. The van der Waals surface area contributed by atoms with E-state index in [1.54, 1.807) is 11.3 Å². The van der Waals surface area contributed by atoms with Crippen molar-refractivity contribution in [2.75, 3.05) is 5.73 Å². The Balaban J connectivity index is 2.27. The van der Waals surface area contributed by atoms with Gasteiger partial charge in [0.2, 0.25) is 0 Å². The van der Waals surface area contributed by atoms with Crippen molar-refractivity contribution in [3.63, 3.8) is 0 Å². The number of fused-ring (bicyclic) bond motifs is 1. The second-order valence-corrected chi connectivity index (χ2v) is 5.74. The normalized spacial score (nSPS) is 11.2. The molecule has 3 nitrogen and oxygen atoms in total. The molecule has 1 aromatic carbocycles. The summed E-state index contributed by atoms with van der Waals surface area (Å²) in [5.41, 5.74) is 9.65. The quantitative estimate of drug-likeness (QED) is 0.669. The van der Waals surface area contributed by atoms with Crippen molar-refractivity contribution in [1.29, 1.82) is 0 Å². The highest BCUT2D eigenvalue weighted by Crippen LogP contribution is 2.31. The van der Waals surface area contributed by atoms with Crippen molar-refractivity contribution in [3.05, 3.63) is 33.6 Å². The molecular formula is C12H10BrN3S. The average molecular weight is 308 g/mol. The van der Waals surface area contributed by atoms with Gasteiger partial charge in [0.25, 0.3) is 0 Å². The number of nitrogens with zero attached hydrogens (tertiary/aromatic N) is 1. The van der Waals surface area contributed by atoms with Crippen LogP contribution in [0.3, 0.4) is 0 Å². The molecule has 3 aromatic rings. The fourth-order valence-corrected chi connectivity index (χ4v) is 3.18. The van der Waals surface area contributed by atoms with E-state index < -0.39 is 0 Å². The molecule has 0 aliphatic rings. The second kappa shape index (κ2) is 3.85. The topological polar surface area (TPSA) is 54.7 Å². The van der Waals surface area contributed by atoms with E-state index >= 15 is 0 Å². The summed E-state index contributed by atoms with van der Waals surface area (Å²) in [6.07, 6.45) is 0. The molecule has 0 unspecified atom stereocenters. The maximum atomic E-state index is 5.95. The molecule has 0 radical (unpaired) electrons. The van der Waals surface area contributed by atoms with Crippen molar-refractivity contribution >= 4 is 44.0 Å². The monoisotopic (exact) mass is 307 g/mol. The van der Waals surface area contributed by atoms with Crippen LogP contribution in [-0.2, 0) is 0 Å². The lowest BCUT2D eigenvalue weighted by Gasteiger charge is -1.94. The molecule has 2 heterocycles. The number of benzene rings is 1. The summed E-state index contributed by atoms with van der Waals surface area (Å²) in [7, 11) is 0. The Labute approximate surface area is 111 Å². The van der Waals surface area contributed by atoms with Crippen molar-refractivity contribution in [1.82, 2.24) is 9.97 Å². The number of nitrogen functional groups attached to an aromatic ring is 1. The van der Waals surface area contributed by atoms with Crippen LogP contribution in [0.25, 0.3) is 21.7 Å². The third kappa shape index (κ3) is 1.75. The van der Waals surface area contributed by atoms with Crippen molar-refractivity contribution in [2.24, 2.45) is 0 Å². The number of thiophene rings is 1. The minimum Gasteiger partial charge on any atom is -0.397 e. The summed E-state index contributed by atoms with van der Waals surface area (Å²) in [4.78, 5) is 9.04. The molecule has 0 bridgehead atoms. The summed E-state index contributed by atoms with van der Waals surface area (Å²) < 4.78 is 0.959. The van der Waals surface area contributed by atoms with Crippen molar-refractivity contribution in [3.8, 4) is 10.7 Å². The zero-order valence-electron chi connectivity index (χ0n) is 9.12. The molecule has 0 saturated heterocycles. The van der Waals surface area contributed by atoms with E-state index in [1.165, 1.54) is 5.56 Å². The first-order valence-corrected chi connectivity index (χ1v) is 6.81. The maximum absolute atomic E-state index is 5.95. The van der Waals surface area contributed by atoms with Gasteiger partial charge in [-0.15, -0.1) is 11.3 Å². The molecule has 0 aliphatic carbocycles. The SMILES string of the molecule is Cc1ccsc1-c1nc2c(N)cc(Br)cc2[nH]1. The van der Waals surface area contributed by atoms with Crippen molar-refractivity contribution in [2.45, 2.75) is 6.92 Å². The van der Waals surface area contributed by atoms with E-state index in [9.17, 15) is 0 Å². The first kappa shape index (κ1) is 10.8. The van der Waals surface area contributed by atoms with Gasteiger partial charge in [-0.25, -0.2) is 4.98 Å². The molecule has 0 aliphatic heterocycles. The van der Waals surface area contributed by atoms with Crippen LogP contribution in [0, 0.1) is 6.92 Å². The molecule has 0 spiro atoms. The second-order valence-electron chi connectivity index (χ2n) is 3.91. The molecule has 3 rings (SSSR count). The third-order valence-electron chi connectivity index (χ3n) is 2.66. The van der Waals surface area contributed by atoms with Gasteiger partial charge in [-0.1, -0.05) is 15.9 Å². The summed E-state index contributed by atoms with van der Waals surface area (Å²) in [6.45, 7) is 2.08. The number of aromatic amines is 1. The first-order valence-electron chi connectivity index (χ1n) is 5.14. The highest BCUT2D eigenvalue weighted by Gasteiger charge is 2.11. The predicted octanol–water partition coefficient (Wildman–Crippen LogP) is 3.94. The van der Waals surface area contributed by atoms with Gasteiger partial charge >= 0.3 is 0 Å². The predicted molar refractivity (Wildman–Crippen MR) is 76.3 cm³/mol. The van der Waals surface area contributed by atoms with Crippen LogP contribution < -0.4 is 5.73 Å². The molecule has 0 fully saturated rings. The number of nitrogens with one attached hydrogen (secondary N) is 1. The van der Waals surface area contributed by atoms with E-state index in [-0.39, 0.29) is 0 Å². The smallest absolute Gasteiger partial charge is 0.148 e. The Morgan fingerprint density at radius 1 is 1.41 bits per heavy atom. The van der Waals surface area contributed by atoms with Gasteiger partial charge in [-0.3, -0.25) is 0 Å². The number of nitrogens with two attached hydrogens (primary N) is 1. The standard InChI is InChI=1S/C12H10BrN3S/c1-6-2-3-17-11(6)12-15-9-5-7(13)4-8(14)10(9)16-12/h2-5H,14H2,1H3,(H,15,16). The summed E-state index contributed by atoms with van der Waals surface area (Å²) in [6, 6.07) is 5.95. The van der Waals surface area contributed by atoms with Gasteiger partial charge in [-0.2, -0.15) is 0 Å². The fraction of sp³-hybridized carbons (Fsp3) is 0.0833. The molecule has 17 heavy (non-hydrogen) atoms. The third-order valence-corrected chi connectivity index (χ3v) is 4.14. The van der Waals surface area contributed by atoms with E-state index in [0.29, 0.717) is 5.69 Å². The van der Waals surface area contributed by atoms with Crippen LogP contribution in [0.2, 0.25) is 0 Å².